The highest BCUT2D eigenvalue weighted by Gasteiger charge is 2.39. The molecule has 2 atom stereocenters. The van der Waals surface area contributed by atoms with Crippen LogP contribution < -0.4 is 5.32 Å². The monoisotopic (exact) mass is 294 g/mol. The minimum Gasteiger partial charge on any atom is -0.508 e. The van der Waals surface area contributed by atoms with E-state index in [2.05, 4.69) is 16.3 Å². The summed E-state index contributed by atoms with van der Waals surface area (Å²) in [5.41, 5.74) is 3.36. The molecular formula is C18H18N2O2. The molecule has 0 aliphatic carbocycles. The first kappa shape index (κ1) is 13.3. The molecule has 4 nitrogen and oxygen atoms in total. The van der Waals surface area contributed by atoms with Crippen molar-refractivity contribution < 1.29 is 9.90 Å². The lowest BCUT2D eigenvalue weighted by Gasteiger charge is -2.43. The molecule has 0 saturated carbocycles. The van der Waals surface area contributed by atoms with E-state index in [0.717, 1.165) is 24.2 Å². The molecule has 2 aliphatic rings. The second-order valence-corrected chi connectivity index (χ2v) is 5.96. The molecule has 2 aromatic carbocycles. The third-order valence-corrected chi connectivity index (χ3v) is 4.67. The summed E-state index contributed by atoms with van der Waals surface area (Å²) < 4.78 is 0. The number of hydrogen-bond donors (Lipinski definition) is 2. The largest absolute Gasteiger partial charge is 0.508 e. The zero-order chi connectivity index (χ0) is 15.1. The van der Waals surface area contributed by atoms with Crippen LogP contribution in [0.3, 0.4) is 0 Å². The molecule has 1 fully saturated rings. The van der Waals surface area contributed by atoms with Crippen LogP contribution in [0.1, 0.15) is 28.7 Å². The Morgan fingerprint density at radius 2 is 1.91 bits per heavy atom. The molecule has 4 rings (SSSR count). The van der Waals surface area contributed by atoms with E-state index in [1.165, 1.54) is 5.56 Å². The Balaban J connectivity index is 1.84. The maximum absolute atomic E-state index is 12.3. The van der Waals surface area contributed by atoms with Crippen LogP contribution in [0, 0.1) is 0 Å². The highest BCUT2D eigenvalue weighted by molar-refractivity contribution is 5.85. The quantitative estimate of drug-likeness (QED) is 0.846. The third kappa shape index (κ3) is 2.07. The topological polar surface area (TPSA) is 52.6 Å². The van der Waals surface area contributed by atoms with Crippen LogP contribution in [0.15, 0.2) is 48.5 Å². The Kier molecular flexibility index (Phi) is 3.12. The van der Waals surface area contributed by atoms with E-state index in [1.54, 1.807) is 6.07 Å². The minimum atomic E-state index is -0.182. The first-order chi connectivity index (χ1) is 10.7. The van der Waals surface area contributed by atoms with Crippen molar-refractivity contribution in [2.24, 2.45) is 0 Å². The zero-order valence-electron chi connectivity index (χ0n) is 12.2. The second kappa shape index (κ2) is 5.14. The van der Waals surface area contributed by atoms with Gasteiger partial charge in [-0.3, -0.25) is 9.69 Å². The normalized spacial score (nSPS) is 24.3. The number of phenolic OH excluding ortho intramolecular Hbond substituents is 1. The molecule has 22 heavy (non-hydrogen) atoms. The van der Waals surface area contributed by atoms with E-state index in [1.807, 2.05) is 36.4 Å². The van der Waals surface area contributed by atoms with Crippen LogP contribution in [0.4, 0.5) is 0 Å². The van der Waals surface area contributed by atoms with Crippen LogP contribution >= 0.6 is 0 Å². The van der Waals surface area contributed by atoms with Gasteiger partial charge < -0.3 is 10.4 Å². The molecule has 0 spiro atoms. The van der Waals surface area contributed by atoms with Gasteiger partial charge in [-0.25, -0.2) is 0 Å². The molecule has 0 aromatic heterocycles. The predicted molar refractivity (Wildman–Crippen MR) is 83.7 cm³/mol. The number of hydrogen-bond acceptors (Lipinski definition) is 3. The Labute approximate surface area is 129 Å². The average Bonchev–Trinajstić information content (AvgIpc) is 2.54. The molecule has 4 heteroatoms. The molecule has 2 unspecified atom stereocenters. The summed E-state index contributed by atoms with van der Waals surface area (Å²) in [7, 11) is 0. The van der Waals surface area contributed by atoms with E-state index < -0.39 is 0 Å². The van der Waals surface area contributed by atoms with Crippen LogP contribution in [0.2, 0.25) is 0 Å². The molecule has 0 radical (unpaired) electrons. The Bertz CT molecular complexity index is 729. The summed E-state index contributed by atoms with van der Waals surface area (Å²) in [6.07, 6.45) is 0. The number of benzene rings is 2. The van der Waals surface area contributed by atoms with Gasteiger partial charge in [0.25, 0.3) is 0 Å². The highest BCUT2D eigenvalue weighted by atomic mass is 16.3. The van der Waals surface area contributed by atoms with Gasteiger partial charge in [0.2, 0.25) is 5.91 Å². The first-order valence-electron chi connectivity index (χ1n) is 7.63. The summed E-state index contributed by atoms with van der Waals surface area (Å²) in [5.74, 6) is 0.562. The molecular weight excluding hydrogens is 276 g/mol. The van der Waals surface area contributed by atoms with Crippen molar-refractivity contribution in [3.8, 4) is 5.75 Å². The summed E-state index contributed by atoms with van der Waals surface area (Å²) in [4.78, 5) is 14.5. The fourth-order valence-corrected chi connectivity index (χ4v) is 3.69. The number of carbonyl (C=O) groups is 1. The van der Waals surface area contributed by atoms with Crippen LogP contribution in [0.5, 0.6) is 5.75 Å². The maximum Gasteiger partial charge on any atom is 0.242 e. The Morgan fingerprint density at radius 1 is 1.09 bits per heavy atom. The van der Waals surface area contributed by atoms with Gasteiger partial charge in [-0.05, 0) is 28.8 Å². The van der Waals surface area contributed by atoms with Crippen molar-refractivity contribution in [1.29, 1.82) is 0 Å². The van der Waals surface area contributed by atoms with E-state index in [9.17, 15) is 9.90 Å². The number of nitrogens with zero attached hydrogens (tertiary/aromatic N) is 1. The summed E-state index contributed by atoms with van der Waals surface area (Å²) in [6, 6.07) is 15.4. The molecule has 2 aliphatic heterocycles. The lowest BCUT2D eigenvalue weighted by molar-refractivity contribution is -0.129. The molecule has 2 aromatic rings. The average molecular weight is 294 g/mol. The molecule has 2 heterocycles. The van der Waals surface area contributed by atoms with Gasteiger partial charge in [0.1, 0.15) is 11.8 Å². The smallest absolute Gasteiger partial charge is 0.242 e. The highest BCUT2D eigenvalue weighted by Crippen LogP contribution is 2.40. The van der Waals surface area contributed by atoms with E-state index >= 15 is 0 Å². The number of aromatic hydroxyl groups is 1. The van der Waals surface area contributed by atoms with Crippen molar-refractivity contribution in [2.75, 3.05) is 19.6 Å². The first-order valence-corrected chi connectivity index (χ1v) is 7.63. The number of amides is 1. The van der Waals surface area contributed by atoms with Gasteiger partial charge in [0.15, 0.2) is 0 Å². The van der Waals surface area contributed by atoms with Gasteiger partial charge in [-0.1, -0.05) is 36.4 Å². The van der Waals surface area contributed by atoms with Gasteiger partial charge in [0.05, 0.1) is 0 Å². The van der Waals surface area contributed by atoms with E-state index in [4.69, 9.17) is 0 Å². The van der Waals surface area contributed by atoms with Gasteiger partial charge in [-0.15, -0.1) is 0 Å². The van der Waals surface area contributed by atoms with Crippen LogP contribution in [0.25, 0.3) is 0 Å². The van der Waals surface area contributed by atoms with Crippen molar-refractivity contribution in [3.05, 3.63) is 65.2 Å². The lowest BCUT2D eigenvalue weighted by Crippen LogP contribution is -2.53. The van der Waals surface area contributed by atoms with Gasteiger partial charge >= 0.3 is 0 Å². The van der Waals surface area contributed by atoms with Crippen LogP contribution in [-0.2, 0) is 4.79 Å². The van der Waals surface area contributed by atoms with Gasteiger partial charge in [-0.2, -0.15) is 0 Å². The SMILES string of the molecule is O=C1NCCN2CC(c3cccc(O)c3)c3ccccc3C12. The summed E-state index contributed by atoms with van der Waals surface area (Å²) in [6.45, 7) is 2.36. The van der Waals surface area contributed by atoms with E-state index in [0.29, 0.717) is 6.54 Å². The minimum absolute atomic E-state index is 0.0908. The summed E-state index contributed by atoms with van der Waals surface area (Å²) >= 11 is 0. The molecule has 1 amide bonds. The maximum atomic E-state index is 12.3. The van der Waals surface area contributed by atoms with Gasteiger partial charge in [0, 0.05) is 25.6 Å². The van der Waals surface area contributed by atoms with Crippen molar-refractivity contribution >= 4 is 5.91 Å². The number of piperazine rings is 1. The molecule has 1 saturated heterocycles. The molecule has 2 N–H and O–H groups in total. The fourth-order valence-electron chi connectivity index (χ4n) is 3.69. The van der Waals surface area contributed by atoms with Crippen molar-refractivity contribution in [3.63, 3.8) is 0 Å². The number of carbonyl (C=O) groups excluding carboxylic acids is 1. The van der Waals surface area contributed by atoms with Crippen molar-refractivity contribution in [1.82, 2.24) is 10.2 Å². The van der Waals surface area contributed by atoms with E-state index in [-0.39, 0.29) is 23.6 Å². The fraction of sp³-hybridized carbons (Fsp3) is 0.278. The Morgan fingerprint density at radius 3 is 2.73 bits per heavy atom. The number of fused-ring (bicyclic) bond motifs is 3. The lowest BCUT2D eigenvalue weighted by atomic mass is 9.80. The number of nitrogens with one attached hydrogen (secondary N) is 1. The number of phenols is 1. The number of rotatable bonds is 1. The zero-order valence-corrected chi connectivity index (χ0v) is 12.2. The van der Waals surface area contributed by atoms with Crippen molar-refractivity contribution in [2.45, 2.75) is 12.0 Å². The molecule has 0 bridgehead atoms. The molecule has 112 valence electrons. The standard InChI is InChI=1S/C18H18N2O2/c21-13-5-3-4-12(10-13)16-11-20-9-8-19-18(22)17(20)15-7-2-1-6-14(15)16/h1-7,10,16-17,21H,8-9,11H2,(H,19,22). The predicted octanol–water partition coefficient (Wildman–Crippen LogP) is 2.01. The second-order valence-electron chi connectivity index (χ2n) is 5.96. The summed E-state index contributed by atoms with van der Waals surface area (Å²) in [5, 5.41) is 12.8. The Hall–Kier alpha value is -2.33. The third-order valence-electron chi connectivity index (χ3n) is 4.67. The van der Waals surface area contributed by atoms with Crippen LogP contribution in [-0.4, -0.2) is 35.5 Å².